The molecule has 2 rings (SSSR count). The van der Waals surface area contributed by atoms with Gasteiger partial charge in [-0.05, 0) is 19.4 Å². The molecule has 2 heteroatoms. The lowest BCUT2D eigenvalue weighted by molar-refractivity contribution is 0.0539. The van der Waals surface area contributed by atoms with E-state index < -0.39 is 0 Å². The number of rotatable bonds is 4. The van der Waals surface area contributed by atoms with Crippen LogP contribution in [0.4, 0.5) is 0 Å². The van der Waals surface area contributed by atoms with E-state index in [1.165, 1.54) is 11.1 Å². The van der Waals surface area contributed by atoms with Crippen LogP contribution in [-0.4, -0.2) is 19.3 Å². The summed E-state index contributed by atoms with van der Waals surface area (Å²) in [4.78, 5) is 0. The molecule has 0 radical (unpaired) electrons. The molecule has 76 valence electrons. The van der Waals surface area contributed by atoms with Gasteiger partial charge in [-0.15, -0.1) is 0 Å². The van der Waals surface area contributed by atoms with Gasteiger partial charge in [-0.3, -0.25) is 0 Å². The van der Waals surface area contributed by atoms with Gasteiger partial charge in [-0.1, -0.05) is 29.8 Å². The first-order chi connectivity index (χ1) is 6.75. The molecule has 1 saturated heterocycles. The molecule has 0 aliphatic carbocycles. The maximum Gasteiger partial charge on any atom is 0.104 e. The van der Waals surface area contributed by atoms with Crippen LogP contribution in [-0.2, 0) is 9.47 Å². The Morgan fingerprint density at radius 2 is 2.36 bits per heavy atom. The van der Waals surface area contributed by atoms with Crippen molar-refractivity contribution in [1.82, 2.24) is 0 Å². The fourth-order valence-corrected chi connectivity index (χ4v) is 1.44. The first-order valence-corrected chi connectivity index (χ1v) is 5.05. The Hall–Kier alpha value is -0.860. The second kappa shape index (κ2) is 4.11. The Morgan fingerprint density at radius 3 is 3.00 bits per heavy atom. The summed E-state index contributed by atoms with van der Waals surface area (Å²) in [5.41, 5.74) is 2.52. The summed E-state index contributed by atoms with van der Waals surface area (Å²) in [6.07, 6.45) is 0.515. The van der Waals surface area contributed by atoms with E-state index in [0.29, 0.717) is 6.10 Å². The predicted octanol–water partition coefficient (Wildman–Crippen LogP) is 2.47. The smallest absolute Gasteiger partial charge is 0.104 e. The molecule has 1 aromatic rings. The van der Waals surface area contributed by atoms with Gasteiger partial charge in [-0.2, -0.15) is 0 Å². The van der Waals surface area contributed by atoms with Crippen molar-refractivity contribution in [2.45, 2.75) is 26.1 Å². The van der Waals surface area contributed by atoms with E-state index >= 15 is 0 Å². The molecule has 1 aliphatic rings. The predicted molar refractivity (Wildman–Crippen MR) is 55.3 cm³/mol. The second-order valence-electron chi connectivity index (χ2n) is 3.85. The zero-order chi connectivity index (χ0) is 9.97. The van der Waals surface area contributed by atoms with E-state index in [0.717, 1.165) is 13.2 Å². The minimum Gasteiger partial charge on any atom is -0.371 e. The molecule has 1 aromatic carbocycles. The third-order valence-electron chi connectivity index (χ3n) is 2.45. The standard InChI is InChI=1S/C12H16O2/c1-9-4-3-5-11(6-9)10(2)13-7-12-8-14-12/h3-6,10,12H,7-8H2,1-2H3/t10-,12+/m1/s1. The summed E-state index contributed by atoms with van der Waals surface area (Å²) in [5.74, 6) is 0. The van der Waals surface area contributed by atoms with Crippen LogP contribution in [0.5, 0.6) is 0 Å². The Labute approximate surface area is 84.8 Å². The molecule has 1 fully saturated rings. The Morgan fingerprint density at radius 1 is 1.57 bits per heavy atom. The van der Waals surface area contributed by atoms with Crippen LogP contribution in [0.1, 0.15) is 24.2 Å². The highest BCUT2D eigenvalue weighted by molar-refractivity contribution is 5.23. The van der Waals surface area contributed by atoms with E-state index in [1.54, 1.807) is 0 Å². The molecule has 0 unspecified atom stereocenters. The van der Waals surface area contributed by atoms with Crippen LogP contribution < -0.4 is 0 Å². The fourth-order valence-electron chi connectivity index (χ4n) is 1.44. The Kier molecular flexibility index (Phi) is 2.85. The van der Waals surface area contributed by atoms with Gasteiger partial charge in [0.05, 0.1) is 19.3 Å². The van der Waals surface area contributed by atoms with Gasteiger partial charge in [0.1, 0.15) is 6.10 Å². The van der Waals surface area contributed by atoms with Crippen molar-refractivity contribution in [3.05, 3.63) is 35.4 Å². The lowest BCUT2D eigenvalue weighted by Gasteiger charge is -2.12. The van der Waals surface area contributed by atoms with E-state index in [4.69, 9.17) is 9.47 Å². The van der Waals surface area contributed by atoms with Gasteiger partial charge in [0.2, 0.25) is 0 Å². The highest BCUT2D eigenvalue weighted by Gasteiger charge is 2.23. The highest BCUT2D eigenvalue weighted by atomic mass is 16.6. The fraction of sp³-hybridized carbons (Fsp3) is 0.500. The molecule has 0 bridgehead atoms. The zero-order valence-corrected chi connectivity index (χ0v) is 8.69. The molecule has 2 atom stereocenters. The van der Waals surface area contributed by atoms with E-state index in [1.807, 2.05) is 0 Å². The molecule has 0 saturated carbocycles. The largest absolute Gasteiger partial charge is 0.371 e. The number of aryl methyl sites for hydroxylation is 1. The summed E-state index contributed by atoms with van der Waals surface area (Å²) in [6.45, 7) is 5.76. The van der Waals surface area contributed by atoms with Crippen LogP contribution in [0.25, 0.3) is 0 Å². The molecule has 2 nitrogen and oxygen atoms in total. The molecular formula is C12H16O2. The molecule has 0 N–H and O–H groups in total. The number of ether oxygens (including phenoxy) is 2. The van der Waals surface area contributed by atoms with Gasteiger partial charge >= 0.3 is 0 Å². The summed E-state index contributed by atoms with van der Waals surface area (Å²) in [6, 6.07) is 8.43. The third kappa shape index (κ3) is 2.56. The van der Waals surface area contributed by atoms with E-state index in [-0.39, 0.29) is 6.10 Å². The third-order valence-corrected chi connectivity index (χ3v) is 2.45. The van der Waals surface area contributed by atoms with Gasteiger partial charge in [0, 0.05) is 0 Å². The molecule has 0 spiro atoms. The second-order valence-corrected chi connectivity index (χ2v) is 3.85. The molecule has 0 aromatic heterocycles. The molecular weight excluding hydrogens is 176 g/mol. The van der Waals surface area contributed by atoms with Crippen molar-refractivity contribution < 1.29 is 9.47 Å². The maximum atomic E-state index is 5.68. The molecule has 1 aliphatic heterocycles. The van der Waals surface area contributed by atoms with E-state index in [9.17, 15) is 0 Å². The zero-order valence-electron chi connectivity index (χ0n) is 8.69. The summed E-state index contributed by atoms with van der Waals surface area (Å²) >= 11 is 0. The highest BCUT2D eigenvalue weighted by Crippen LogP contribution is 2.20. The van der Waals surface area contributed by atoms with Gasteiger partial charge in [-0.25, -0.2) is 0 Å². The van der Waals surface area contributed by atoms with Gasteiger partial charge < -0.3 is 9.47 Å². The quantitative estimate of drug-likeness (QED) is 0.683. The van der Waals surface area contributed by atoms with Crippen LogP contribution >= 0.6 is 0 Å². The lowest BCUT2D eigenvalue weighted by atomic mass is 10.1. The minimum atomic E-state index is 0.166. The SMILES string of the molecule is Cc1cccc([C@@H](C)OC[C@H]2CO2)c1. The summed E-state index contributed by atoms with van der Waals surface area (Å²) in [7, 11) is 0. The first kappa shape index (κ1) is 9.69. The van der Waals surface area contributed by atoms with Gasteiger partial charge in [0.25, 0.3) is 0 Å². The van der Waals surface area contributed by atoms with Crippen LogP contribution in [0.15, 0.2) is 24.3 Å². The Balaban J connectivity index is 1.91. The minimum absolute atomic E-state index is 0.166. The number of benzene rings is 1. The normalized spacial score (nSPS) is 22.0. The van der Waals surface area contributed by atoms with Gasteiger partial charge in [0.15, 0.2) is 0 Å². The van der Waals surface area contributed by atoms with Crippen molar-refractivity contribution >= 4 is 0 Å². The van der Waals surface area contributed by atoms with Crippen molar-refractivity contribution in [2.75, 3.05) is 13.2 Å². The number of hydrogen-bond donors (Lipinski definition) is 0. The topological polar surface area (TPSA) is 21.8 Å². The summed E-state index contributed by atoms with van der Waals surface area (Å²) < 4.78 is 10.8. The van der Waals surface area contributed by atoms with Crippen molar-refractivity contribution in [3.8, 4) is 0 Å². The average Bonchev–Trinajstić information content (AvgIpc) is 2.97. The first-order valence-electron chi connectivity index (χ1n) is 5.05. The monoisotopic (exact) mass is 192 g/mol. The summed E-state index contributed by atoms with van der Waals surface area (Å²) in [5, 5.41) is 0. The van der Waals surface area contributed by atoms with Crippen molar-refractivity contribution in [3.63, 3.8) is 0 Å². The number of hydrogen-bond acceptors (Lipinski definition) is 2. The lowest BCUT2D eigenvalue weighted by Crippen LogP contribution is -2.06. The molecule has 14 heavy (non-hydrogen) atoms. The van der Waals surface area contributed by atoms with Crippen LogP contribution in [0.3, 0.4) is 0 Å². The van der Waals surface area contributed by atoms with E-state index in [2.05, 4.69) is 38.1 Å². The van der Waals surface area contributed by atoms with Crippen LogP contribution in [0, 0.1) is 6.92 Å². The molecule has 1 heterocycles. The van der Waals surface area contributed by atoms with Crippen molar-refractivity contribution in [1.29, 1.82) is 0 Å². The number of epoxide rings is 1. The average molecular weight is 192 g/mol. The van der Waals surface area contributed by atoms with Crippen LogP contribution in [0.2, 0.25) is 0 Å². The Bertz CT molecular complexity index is 305. The van der Waals surface area contributed by atoms with Crippen molar-refractivity contribution in [2.24, 2.45) is 0 Å². The molecule has 0 amide bonds. The maximum absolute atomic E-state index is 5.68.